The Bertz CT molecular complexity index is 471. The molecular weight excluding hydrogens is 224 g/mol. The number of hydrazone groups is 1. The number of rotatable bonds is 3. The van der Waals surface area contributed by atoms with E-state index >= 15 is 0 Å². The lowest BCUT2D eigenvalue weighted by atomic mass is 10.2. The van der Waals surface area contributed by atoms with Crippen molar-refractivity contribution < 1.29 is 19.0 Å². The average Bonchev–Trinajstić information content (AvgIpc) is 2.74. The summed E-state index contributed by atoms with van der Waals surface area (Å²) < 4.78 is 15.7. The predicted molar refractivity (Wildman–Crippen MR) is 60.5 cm³/mol. The van der Waals surface area contributed by atoms with Gasteiger partial charge in [0.15, 0.2) is 11.5 Å². The van der Waals surface area contributed by atoms with Crippen LogP contribution in [0.3, 0.4) is 0 Å². The van der Waals surface area contributed by atoms with Gasteiger partial charge in [-0.2, -0.15) is 5.10 Å². The molecule has 1 amide bonds. The number of fused-ring (bicyclic) bond motifs is 1. The van der Waals surface area contributed by atoms with Gasteiger partial charge in [0.2, 0.25) is 12.7 Å². The quantitative estimate of drug-likeness (QED) is 0.625. The Balaban J connectivity index is 2.26. The van der Waals surface area contributed by atoms with Crippen molar-refractivity contribution in [3.8, 4) is 17.2 Å². The van der Waals surface area contributed by atoms with Crippen LogP contribution in [-0.2, 0) is 4.79 Å². The maximum atomic E-state index is 10.7. The van der Waals surface area contributed by atoms with Gasteiger partial charge in [0.05, 0.1) is 13.3 Å². The zero-order chi connectivity index (χ0) is 12.3. The van der Waals surface area contributed by atoms with E-state index in [4.69, 9.17) is 14.2 Å². The molecule has 0 bridgehead atoms. The molecule has 1 heterocycles. The standard InChI is InChI=1S/C11H12N2O4/c1-7(14)13-12-5-8-3-10-11(17-6-16-10)4-9(8)15-2/h3-5H,6H2,1-2H3,(H,13,14)/b12-5-. The van der Waals surface area contributed by atoms with Gasteiger partial charge < -0.3 is 14.2 Å². The Kier molecular flexibility index (Phi) is 3.13. The fourth-order valence-electron chi connectivity index (χ4n) is 1.41. The molecule has 17 heavy (non-hydrogen) atoms. The Morgan fingerprint density at radius 3 is 2.82 bits per heavy atom. The zero-order valence-electron chi connectivity index (χ0n) is 9.52. The van der Waals surface area contributed by atoms with E-state index in [9.17, 15) is 4.79 Å². The van der Waals surface area contributed by atoms with Crippen molar-refractivity contribution in [3.63, 3.8) is 0 Å². The van der Waals surface area contributed by atoms with Gasteiger partial charge in [0.25, 0.3) is 0 Å². The Hall–Kier alpha value is -2.24. The maximum Gasteiger partial charge on any atom is 0.236 e. The summed E-state index contributed by atoms with van der Waals surface area (Å²) in [5, 5.41) is 3.77. The van der Waals surface area contributed by atoms with E-state index in [-0.39, 0.29) is 12.7 Å². The Morgan fingerprint density at radius 1 is 1.47 bits per heavy atom. The van der Waals surface area contributed by atoms with Gasteiger partial charge >= 0.3 is 0 Å². The van der Waals surface area contributed by atoms with Crippen LogP contribution in [0.5, 0.6) is 17.2 Å². The molecule has 0 unspecified atom stereocenters. The minimum Gasteiger partial charge on any atom is -0.496 e. The summed E-state index contributed by atoms with van der Waals surface area (Å²) in [5.41, 5.74) is 3.02. The minimum atomic E-state index is -0.235. The molecule has 90 valence electrons. The van der Waals surface area contributed by atoms with E-state index in [1.165, 1.54) is 13.1 Å². The topological polar surface area (TPSA) is 69.2 Å². The lowest BCUT2D eigenvalue weighted by Gasteiger charge is -2.05. The molecule has 1 aromatic carbocycles. The van der Waals surface area contributed by atoms with E-state index in [0.717, 1.165) is 0 Å². The van der Waals surface area contributed by atoms with Gasteiger partial charge in [0, 0.05) is 18.6 Å². The second kappa shape index (κ2) is 4.73. The lowest BCUT2D eigenvalue weighted by molar-refractivity contribution is -0.118. The Morgan fingerprint density at radius 2 is 2.18 bits per heavy atom. The van der Waals surface area contributed by atoms with Crippen LogP contribution in [0, 0.1) is 0 Å². The van der Waals surface area contributed by atoms with Gasteiger partial charge in [-0.1, -0.05) is 0 Å². The number of hydrogen-bond donors (Lipinski definition) is 1. The van der Waals surface area contributed by atoms with Gasteiger partial charge in [-0.05, 0) is 6.07 Å². The van der Waals surface area contributed by atoms with Crippen molar-refractivity contribution in [3.05, 3.63) is 17.7 Å². The summed E-state index contributed by atoms with van der Waals surface area (Å²) in [6.45, 7) is 1.58. The van der Waals surface area contributed by atoms with E-state index in [2.05, 4.69) is 10.5 Å². The highest BCUT2D eigenvalue weighted by molar-refractivity contribution is 5.86. The number of methoxy groups -OCH3 is 1. The molecule has 1 aliphatic heterocycles. The molecule has 0 atom stereocenters. The van der Waals surface area contributed by atoms with Gasteiger partial charge in [-0.15, -0.1) is 0 Å². The van der Waals surface area contributed by atoms with Crippen LogP contribution in [0.15, 0.2) is 17.2 Å². The average molecular weight is 236 g/mol. The number of hydrogen-bond acceptors (Lipinski definition) is 5. The molecule has 0 aromatic heterocycles. The maximum absolute atomic E-state index is 10.7. The van der Waals surface area contributed by atoms with Crippen molar-refractivity contribution in [1.82, 2.24) is 5.43 Å². The first-order valence-electron chi connectivity index (χ1n) is 4.98. The molecule has 2 rings (SSSR count). The first kappa shape index (κ1) is 11.3. The number of carbonyl (C=O) groups excluding carboxylic acids is 1. The number of nitrogens with one attached hydrogen (secondary N) is 1. The summed E-state index contributed by atoms with van der Waals surface area (Å²) in [4.78, 5) is 10.7. The first-order valence-corrected chi connectivity index (χ1v) is 4.98. The molecule has 1 aliphatic rings. The second-order valence-electron chi connectivity index (χ2n) is 3.37. The predicted octanol–water partition coefficient (Wildman–Crippen LogP) is 0.894. The van der Waals surface area contributed by atoms with Gasteiger partial charge in [-0.25, -0.2) is 5.43 Å². The highest BCUT2D eigenvalue weighted by Crippen LogP contribution is 2.37. The summed E-state index contributed by atoms with van der Waals surface area (Å²) in [6.07, 6.45) is 1.49. The number of benzene rings is 1. The zero-order valence-corrected chi connectivity index (χ0v) is 9.52. The molecule has 1 aromatic rings. The van der Waals surface area contributed by atoms with E-state index in [0.29, 0.717) is 22.8 Å². The lowest BCUT2D eigenvalue weighted by Crippen LogP contribution is -2.12. The molecule has 0 saturated heterocycles. The highest BCUT2D eigenvalue weighted by atomic mass is 16.7. The van der Waals surface area contributed by atoms with Crippen molar-refractivity contribution in [2.24, 2.45) is 5.10 Å². The SMILES string of the molecule is COc1cc2c(cc1/C=N\NC(C)=O)OCO2. The number of ether oxygens (including phenoxy) is 3. The summed E-state index contributed by atoms with van der Waals surface area (Å²) in [6, 6.07) is 3.46. The summed E-state index contributed by atoms with van der Waals surface area (Å²) in [5.74, 6) is 1.64. The third kappa shape index (κ3) is 2.47. The van der Waals surface area contributed by atoms with Crippen molar-refractivity contribution in [1.29, 1.82) is 0 Å². The molecular formula is C11H12N2O4. The van der Waals surface area contributed by atoms with E-state index < -0.39 is 0 Å². The van der Waals surface area contributed by atoms with Crippen LogP contribution in [0.2, 0.25) is 0 Å². The first-order chi connectivity index (χ1) is 8.20. The fraction of sp³-hybridized carbons (Fsp3) is 0.273. The largest absolute Gasteiger partial charge is 0.496 e. The Labute approximate surface area is 98.2 Å². The van der Waals surface area contributed by atoms with Crippen LogP contribution >= 0.6 is 0 Å². The van der Waals surface area contributed by atoms with Crippen LogP contribution < -0.4 is 19.6 Å². The van der Waals surface area contributed by atoms with Crippen LogP contribution in [0.25, 0.3) is 0 Å². The highest BCUT2D eigenvalue weighted by Gasteiger charge is 2.16. The van der Waals surface area contributed by atoms with Crippen LogP contribution in [0.1, 0.15) is 12.5 Å². The van der Waals surface area contributed by atoms with E-state index in [1.807, 2.05) is 0 Å². The number of carbonyl (C=O) groups is 1. The number of nitrogens with zero attached hydrogens (tertiary/aromatic N) is 1. The van der Waals surface area contributed by atoms with Crippen molar-refractivity contribution in [2.75, 3.05) is 13.9 Å². The normalized spacial score (nSPS) is 12.8. The molecule has 0 aliphatic carbocycles. The fourth-order valence-corrected chi connectivity index (χ4v) is 1.41. The molecule has 0 saturated carbocycles. The smallest absolute Gasteiger partial charge is 0.236 e. The molecule has 6 nitrogen and oxygen atoms in total. The number of amides is 1. The molecule has 0 radical (unpaired) electrons. The molecule has 0 fully saturated rings. The second-order valence-corrected chi connectivity index (χ2v) is 3.37. The molecule has 1 N–H and O–H groups in total. The minimum absolute atomic E-state index is 0.199. The molecule has 0 spiro atoms. The van der Waals surface area contributed by atoms with Crippen molar-refractivity contribution >= 4 is 12.1 Å². The van der Waals surface area contributed by atoms with Crippen LogP contribution in [0.4, 0.5) is 0 Å². The summed E-state index contributed by atoms with van der Waals surface area (Å²) in [7, 11) is 1.55. The van der Waals surface area contributed by atoms with E-state index in [1.54, 1.807) is 19.2 Å². The monoisotopic (exact) mass is 236 g/mol. The third-order valence-electron chi connectivity index (χ3n) is 2.15. The van der Waals surface area contributed by atoms with Crippen LogP contribution in [-0.4, -0.2) is 26.0 Å². The third-order valence-corrected chi connectivity index (χ3v) is 2.15. The van der Waals surface area contributed by atoms with Gasteiger partial charge in [-0.3, -0.25) is 4.79 Å². The summed E-state index contributed by atoms with van der Waals surface area (Å²) >= 11 is 0. The van der Waals surface area contributed by atoms with Crippen molar-refractivity contribution in [2.45, 2.75) is 6.92 Å². The van der Waals surface area contributed by atoms with Gasteiger partial charge in [0.1, 0.15) is 5.75 Å². The molecule has 6 heteroatoms.